The molecule has 3 rings (SSSR count). The Morgan fingerprint density at radius 3 is 3.00 bits per heavy atom. The monoisotopic (exact) mass is 285 g/mol. The van der Waals surface area contributed by atoms with Crippen molar-refractivity contribution in [2.75, 3.05) is 11.4 Å². The van der Waals surface area contributed by atoms with Gasteiger partial charge in [-0.1, -0.05) is 37.6 Å². The Labute approximate surface area is 123 Å². The molecule has 5 heteroatoms. The van der Waals surface area contributed by atoms with Gasteiger partial charge in [-0.15, -0.1) is 5.10 Å². The number of aromatic nitrogens is 2. The Morgan fingerprint density at radius 1 is 1.43 bits per heavy atom. The largest absolute Gasteiger partial charge is 0.479 e. The van der Waals surface area contributed by atoms with Gasteiger partial charge in [0.2, 0.25) is 0 Å². The molecule has 1 aromatic carbocycles. The van der Waals surface area contributed by atoms with Crippen molar-refractivity contribution in [1.29, 1.82) is 0 Å². The first-order valence-electron chi connectivity index (χ1n) is 7.40. The maximum atomic E-state index is 11.9. The Morgan fingerprint density at radius 2 is 2.24 bits per heavy atom. The summed E-state index contributed by atoms with van der Waals surface area (Å²) >= 11 is 0. The molecule has 0 saturated carbocycles. The van der Waals surface area contributed by atoms with Gasteiger partial charge in [0.15, 0.2) is 5.82 Å². The zero-order chi connectivity index (χ0) is 14.9. The number of hydrogen-bond donors (Lipinski definition) is 1. The molecule has 110 valence electrons. The standard InChI is InChI=1S/C16H19N3O2/c1-2-8-16(15(20)21)9-5-10-19(16)14-13-7-4-3-6-12(13)11-17-18-14/h3-4,6-7,11H,2,5,8-10H2,1H3,(H,20,21). The topological polar surface area (TPSA) is 66.3 Å². The summed E-state index contributed by atoms with van der Waals surface area (Å²) < 4.78 is 0. The first-order valence-corrected chi connectivity index (χ1v) is 7.40. The van der Waals surface area contributed by atoms with E-state index in [2.05, 4.69) is 10.2 Å². The molecular formula is C16H19N3O2. The third-order valence-electron chi connectivity index (χ3n) is 4.36. The van der Waals surface area contributed by atoms with Crippen LogP contribution in [0, 0.1) is 0 Å². The van der Waals surface area contributed by atoms with E-state index in [9.17, 15) is 9.90 Å². The van der Waals surface area contributed by atoms with Crippen LogP contribution in [0.25, 0.3) is 10.8 Å². The van der Waals surface area contributed by atoms with E-state index in [1.807, 2.05) is 36.1 Å². The number of anilines is 1. The average molecular weight is 285 g/mol. The van der Waals surface area contributed by atoms with Crippen LogP contribution in [0.5, 0.6) is 0 Å². The minimum absolute atomic E-state index is 0.632. The fraction of sp³-hybridized carbons (Fsp3) is 0.438. The van der Waals surface area contributed by atoms with Crippen LogP contribution in [0.1, 0.15) is 32.6 Å². The Balaban J connectivity index is 2.14. The van der Waals surface area contributed by atoms with Gasteiger partial charge >= 0.3 is 5.97 Å². The third-order valence-corrected chi connectivity index (χ3v) is 4.36. The second-order valence-corrected chi connectivity index (χ2v) is 5.60. The van der Waals surface area contributed by atoms with Crippen molar-refractivity contribution in [3.8, 4) is 0 Å². The first kappa shape index (κ1) is 13.8. The van der Waals surface area contributed by atoms with Gasteiger partial charge in [0.1, 0.15) is 5.54 Å². The Kier molecular flexibility index (Phi) is 3.49. The average Bonchev–Trinajstić information content (AvgIpc) is 2.92. The van der Waals surface area contributed by atoms with Gasteiger partial charge in [-0.3, -0.25) is 0 Å². The lowest BCUT2D eigenvalue weighted by Gasteiger charge is -2.35. The van der Waals surface area contributed by atoms with Crippen molar-refractivity contribution in [2.45, 2.75) is 38.1 Å². The summed E-state index contributed by atoms with van der Waals surface area (Å²) in [5.41, 5.74) is -0.840. The minimum atomic E-state index is -0.840. The zero-order valence-electron chi connectivity index (χ0n) is 12.1. The molecule has 1 saturated heterocycles. The number of benzene rings is 1. The highest BCUT2D eigenvalue weighted by Crippen LogP contribution is 2.39. The molecule has 0 spiro atoms. The van der Waals surface area contributed by atoms with Gasteiger partial charge in [-0.2, -0.15) is 5.10 Å². The second-order valence-electron chi connectivity index (χ2n) is 5.60. The molecule has 1 fully saturated rings. The molecule has 0 radical (unpaired) electrons. The smallest absolute Gasteiger partial charge is 0.329 e. The van der Waals surface area contributed by atoms with E-state index in [1.54, 1.807) is 6.20 Å². The van der Waals surface area contributed by atoms with Gasteiger partial charge in [0.05, 0.1) is 6.20 Å². The van der Waals surface area contributed by atoms with Crippen LogP contribution in [-0.2, 0) is 4.79 Å². The van der Waals surface area contributed by atoms with E-state index in [-0.39, 0.29) is 0 Å². The molecule has 0 amide bonds. The molecule has 1 N–H and O–H groups in total. The second kappa shape index (κ2) is 5.31. The van der Waals surface area contributed by atoms with E-state index < -0.39 is 11.5 Å². The highest BCUT2D eigenvalue weighted by Gasteiger charge is 2.48. The molecule has 2 aromatic rings. The van der Waals surface area contributed by atoms with E-state index in [1.165, 1.54) is 0 Å². The molecule has 21 heavy (non-hydrogen) atoms. The van der Waals surface area contributed by atoms with Gasteiger partial charge < -0.3 is 10.0 Å². The molecule has 2 heterocycles. The molecule has 1 aliphatic heterocycles. The lowest BCUT2D eigenvalue weighted by molar-refractivity contribution is -0.143. The van der Waals surface area contributed by atoms with Crippen molar-refractivity contribution in [3.63, 3.8) is 0 Å². The van der Waals surface area contributed by atoms with Crippen LogP contribution in [0.4, 0.5) is 5.82 Å². The van der Waals surface area contributed by atoms with Gasteiger partial charge in [-0.05, 0) is 19.3 Å². The van der Waals surface area contributed by atoms with Crippen molar-refractivity contribution in [2.24, 2.45) is 0 Å². The number of carboxylic acids is 1. The van der Waals surface area contributed by atoms with E-state index in [4.69, 9.17) is 0 Å². The molecule has 1 atom stereocenters. The maximum absolute atomic E-state index is 11.9. The molecular weight excluding hydrogens is 266 g/mol. The van der Waals surface area contributed by atoms with E-state index in [0.29, 0.717) is 18.7 Å². The zero-order valence-corrected chi connectivity index (χ0v) is 12.1. The summed E-state index contributed by atoms with van der Waals surface area (Å²) in [5, 5.41) is 20.1. The van der Waals surface area contributed by atoms with E-state index >= 15 is 0 Å². The fourth-order valence-corrected chi connectivity index (χ4v) is 3.40. The molecule has 1 aromatic heterocycles. The van der Waals surface area contributed by atoms with Crippen LogP contribution in [0.2, 0.25) is 0 Å². The highest BCUT2D eigenvalue weighted by atomic mass is 16.4. The summed E-state index contributed by atoms with van der Waals surface area (Å²) in [7, 11) is 0. The quantitative estimate of drug-likeness (QED) is 0.935. The summed E-state index contributed by atoms with van der Waals surface area (Å²) in [4.78, 5) is 13.9. The number of rotatable bonds is 4. The fourth-order valence-electron chi connectivity index (χ4n) is 3.40. The summed E-state index contributed by atoms with van der Waals surface area (Å²) in [5.74, 6) is -0.0574. The number of carbonyl (C=O) groups is 1. The first-order chi connectivity index (χ1) is 10.2. The molecule has 5 nitrogen and oxygen atoms in total. The number of carboxylic acid groups (broad SMARTS) is 1. The molecule has 1 unspecified atom stereocenters. The van der Waals surface area contributed by atoms with Crippen LogP contribution in [0.15, 0.2) is 30.5 Å². The number of nitrogens with zero attached hydrogens (tertiary/aromatic N) is 3. The van der Waals surface area contributed by atoms with Gasteiger partial charge in [0, 0.05) is 17.3 Å². The lowest BCUT2D eigenvalue weighted by atomic mass is 9.90. The molecule has 1 aliphatic rings. The SMILES string of the molecule is CCCC1(C(=O)O)CCCN1c1nncc2ccccc12. The Bertz CT molecular complexity index is 668. The third kappa shape index (κ3) is 2.13. The number of aliphatic carboxylic acids is 1. The summed E-state index contributed by atoms with van der Waals surface area (Å²) in [6.07, 6.45) is 4.73. The van der Waals surface area contributed by atoms with Crippen LogP contribution < -0.4 is 4.90 Å². The van der Waals surface area contributed by atoms with Gasteiger partial charge in [0.25, 0.3) is 0 Å². The highest BCUT2D eigenvalue weighted by molar-refractivity contribution is 5.94. The van der Waals surface area contributed by atoms with Crippen LogP contribution in [-0.4, -0.2) is 33.4 Å². The van der Waals surface area contributed by atoms with Crippen LogP contribution in [0.3, 0.4) is 0 Å². The summed E-state index contributed by atoms with van der Waals surface area (Å²) in [6, 6.07) is 7.86. The molecule has 0 bridgehead atoms. The predicted molar refractivity (Wildman–Crippen MR) is 81.4 cm³/mol. The normalized spacial score (nSPS) is 21.9. The predicted octanol–water partition coefficient (Wildman–Crippen LogP) is 2.85. The van der Waals surface area contributed by atoms with E-state index in [0.717, 1.165) is 30.2 Å². The van der Waals surface area contributed by atoms with Crippen LogP contribution >= 0.6 is 0 Å². The van der Waals surface area contributed by atoms with Gasteiger partial charge in [-0.25, -0.2) is 4.79 Å². The van der Waals surface area contributed by atoms with Crippen molar-refractivity contribution in [3.05, 3.63) is 30.5 Å². The minimum Gasteiger partial charge on any atom is -0.479 e. The Hall–Kier alpha value is -2.17. The maximum Gasteiger partial charge on any atom is 0.329 e. The number of hydrogen-bond acceptors (Lipinski definition) is 4. The lowest BCUT2D eigenvalue weighted by Crippen LogP contribution is -2.51. The van der Waals surface area contributed by atoms with Crippen molar-refractivity contribution < 1.29 is 9.90 Å². The van der Waals surface area contributed by atoms with Crippen molar-refractivity contribution in [1.82, 2.24) is 10.2 Å². The van der Waals surface area contributed by atoms with Crippen molar-refractivity contribution >= 4 is 22.6 Å². The molecule has 0 aliphatic carbocycles. The summed E-state index contributed by atoms with van der Waals surface area (Å²) in [6.45, 7) is 2.74. The number of fused-ring (bicyclic) bond motifs is 1.